The highest BCUT2D eigenvalue weighted by Crippen LogP contribution is 2.42. The molecule has 218 valence electrons. The number of methoxy groups -OCH3 is 2. The van der Waals surface area contributed by atoms with E-state index in [0.29, 0.717) is 72.5 Å². The number of ether oxygens (including phenoxy) is 2. The summed E-state index contributed by atoms with van der Waals surface area (Å²) < 4.78 is 37.7. The van der Waals surface area contributed by atoms with Crippen LogP contribution in [0.2, 0.25) is 10.0 Å². The van der Waals surface area contributed by atoms with Crippen LogP contribution in [0.4, 0.5) is 8.78 Å². The molecule has 0 bridgehead atoms. The van der Waals surface area contributed by atoms with Gasteiger partial charge in [0.15, 0.2) is 0 Å². The number of hydrogen-bond donors (Lipinski definition) is 0. The largest absolute Gasteiger partial charge is 0.481 e. The molecule has 0 unspecified atom stereocenters. The second-order valence-corrected chi connectivity index (χ2v) is 11.4. The minimum Gasteiger partial charge on any atom is -0.481 e. The van der Waals surface area contributed by atoms with Crippen LogP contribution in [0.5, 0.6) is 11.8 Å². The van der Waals surface area contributed by atoms with Crippen LogP contribution in [0.1, 0.15) is 11.1 Å². The van der Waals surface area contributed by atoms with Gasteiger partial charge in [0, 0.05) is 72.6 Å². The average Bonchev–Trinajstić information content (AvgIpc) is 2.96. The van der Waals surface area contributed by atoms with Crippen molar-refractivity contribution in [1.82, 2.24) is 19.8 Å². The normalized spacial score (nSPS) is 16.2. The van der Waals surface area contributed by atoms with Crippen LogP contribution in [0.25, 0.3) is 33.6 Å². The molecule has 2 aromatic carbocycles. The van der Waals surface area contributed by atoms with Gasteiger partial charge in [-0.15, -0.1) is 0 Å². The smallest absolute Gasteiger partial charge is 0.218 e. The van der Waals surface area contributed by atoms with Gasteiger partial charge in [0.1, 0.15) is 12.3 Å². The lowest BCUT2D eigenvalue weighted by atomic mass is 9.98. The van der Waals surface area contributed by atoms with Gasteiger partial charge in [0.25, 0.3) is 0 Å². The molecule has 0 spiro atoms. The van der Waals surface area contributed by atoms with E-state index >= 15 is 0 Å². The van der Waals surface area contributed by atoms with Crippen LogP contribution in [0, 0.1) is 0 Å². The molecule has 2 aromatic heterocycles. The number of halogens is 4. The van der Waals surface area contributed by atoms with Crippen molar-refractivity contribution in [3.05, 3.63) is 81.8 Å². The summed E-state index contributed by atoms with van der Waals surface area (Å²) >= 11 is 14.0. The molecule has 4 heterocycles. The highest BCUT2D eigenvalue weighted by atomic mass is 35.5. The minimum atomic E-state index is -0.769. The van der Waals surface area contributed by atoms with Gasteiger partial charge in [0.2, 0.25) is 11.8 Å². The van der Waals surface area contributed by atoms with Crippen molar-refractivity contribution in [3.63, 3.8) is 0 Å². The van der Waals surface area contributed by atoms with Crippen molar-refractivity contribution in [2.24, 2.45) is 0 Å². The molecule has 0 aliphatic carbocycles. The molecule has 42 heavy (non-hydrogen) atoms. The van der Waals surface area contributed by atoms with Crippen molar-refractivity contribution < 1.29 is 18.3 Å². The Bertz CT molecular complexity index is 1490. The predicted molar refractivity (Wildman–Crippen MR) is 162 cm³/mol. The number of rotatable bonds is 9. The van der Waals surface area contributed by atoms with Crippen LogP contribution >= 0.6 is 23.2 Å². The summed E-state index contributed by atoms with van der Waals surface area (Å²) in [7, 11) is 3.15. The van der Waals surface area contributed by atoms with Crippen LogP contribution in [-0.2, 0) is 13.1 Å². The van der Waals surface area contributed by atoms with Gasteiger partial charge in [-0.2, -0.15) is 0 Å². The predicted octanol–water partition coefficient (Wildman–Crippen LogP) is 7.11. The number of alkyl halides is 2. The summed E-state index contributed by atoms with van der Waals surface area (Å²) in [6.07, 6.45) is -1.54. The monoisotopic (exact) mass is 610 g/mol. The van der Waals surface area contributed by atoms with E-state index in [1.807, 2.05) is 70.5 Å². The Kier molecular flexibility index (Phi) is 8.32. The van der Waals surface area contributed by atoms with Crippen molar-refractivity contribution in [2.45, 2.75) is 25.4 Å². The molecule has 0 saturated carbocycles. The van der Waals surface area contributed by atoms with Crippen molar-refractivity contribution in [2.75, 3.05) is 40.4 Å². The maximum absolute atomic E-state index is 13.3. The molecule has 10 heteroatoms. The topological polar surface area (TPSA) is 50.7 Å². The SMILES string of the molecule is COc1nc(-c2cccc(-c3cccc(-c4ccc(CN5CC(F)C5)c(OC)n4)c3Cl)c2Cl)ccc1CN1CC(F)C1. The molecule has 0 N–H and O–H groups in total. The molecule has 0 amide bonds. The maximum atomic E-state index is 13.3. The number of nitrogens with zero attached hydrogens (tertiary/aromatic N) is 4. The lowest BCUT2D eigenvalue weighted by molar-refractivity contribution is 0.0582. The second-order valence-electron chi connectivity index (χ2n) is 10.6. The van der Waals surface area contributed by atoms with Crippen LogP contribution in [0.3, 0.4) is 0 Å². The van der Waals surface area contributed by atoms with Gasteiger partial charge in [-0.1, -0.05) is 71.7 Å². The van der Waals surface area contributed by atoms with Crippen LogP contribution < -0.4 is 9.47 Å². The zero-order valence-electron chi connectivity index (χ0n) is 23.3. The zero-order valence-corrected chi connectivity index (χ0v) is 24.8. The molecule has 2 fully saturated rings. The zero-order chi connectivity index (χ0) is 29.4. The van der Waals surface area contributed by atoms with E-state index in [9.17, 15) is 8.78 Å². The standard InChI is InChI=1S/C32H30Cl2F2N4O2/c1-41-31-19(13-39-15-21(35)16-39)9-11-27(37-31)25-7-3-5-23(29(25)33)24-6-4-8-26(30(24)34)28-12-10-20(32(38-28)42-2)14-40-17-22(36)18-40/h3-12,21-22H,13-18H2,1-2H3. The van der Waals surface area contributed by atoms with Crippen LogP contribution in [0.15, 0.2) is 60.7 Å². The maximum Gasteiger partial charge on any atom is 0.218 e. The Morgan fingerprint density at radius 1 is 0.643 bits per heavy atom. The number of likely N-dealkylation sites (tertiary alicyclic amines) is 2. The first kappa shape index (κ1) is 28.8. The van der Waals surface area contributed by atoms with Gasteiger partial charge in [0.05, 0.1) is 35.7 Å². The van der Waals surface area contributed by atoms with E-state index in [4.69, 9.17) is 42.6 Å². The number of benzene rings is 2. The molecule has 6 rings (SSSR count). The first-order valence-electron chi connectivity index (χ1n) is 13.7. The summed E-state index contributed by atoms with van der Waals surface area (Å²) in [4.78, 5) is 13.5. The Morgan fingerprint density at radius 3 is 1.38 bits per heavy atom. The highest BCUT2D eigenvalue weighted by Gasteiger charge is 2.28. The molecule has 2 aliphatic rings. The average molecular weight is 612 g/mol. The lowest BCUT2D eigenvalue weighted by Crippen LogP contribution is -2.47. The van der Waals surface area contributed by atoms with E-state index in [1.54, 1.807) is 14.2 Å². The highest BCUT2D eigenvalue weighted by molar-refractivity contribution is 6.39. The van der Waals surface area contributed by atoms with E-state index in [0.717, 1.165) is 33.4 Å². The van der Waals surface area contributed by atoms with E-state index in [2.05, 4.69) is 0 Å². The fourth-order valence-corrected chi connectivity index (χ4v) is 6.11. The van der Waals surface area contributed by atoms with E-state index in [1.165, 1.54) is 0 Å². The van der Waals surface area contributed by atoms with Gasteiger partial charge in [-0.25, -0.2) is 18.7 Å². The molecule has 0 atom stereocenters. The van der Waals surface area contributed by atoms with E-state index in [-0.39, 0.29) is 0 Å². The summed E-state index contributed by atoms with van der Waals surface area (Å²) in [6.45, 7) is 2.83. The molecule has 2 saturated heterocycles. The van der Waals surface area contributed by atoms with Crippen LogP contribution in [-0.4, -0.2) is 72.5 Å². The van der Waals surface area contributed by atoms with Crippen molar-refractivity contribution in [1.29, 1.82) is 0 Å². The third-order valence-electron chi connectivity index (χ3n) is 7.72. The third kappa shape index (κ3) is 5.69. The van der Waals surface area contributed by atoms with Gasteiger partial charge >= 0.3 is 0 Å². The molecule has 4 aromatic rings. The number of hydrogen-bond acceptors (Lipinski definition) is 6. The summed E-state index contributed by atoms with van der Waals surface area (Å²) in [5.41, 5.74) is 6.07. The summed E-state index contributed by atoms with van der Waals surface area (Å²) in [5.74, 6) is 0.969. The quantitative estimate of drug-likeness (QED) is 0.201. The fourth-order valence-electron chi connectivity index (χ4n) is 5.46. The Labute approximate surface area is 253 Å². The Balaban J connectivity index is 1.30. The van der Waals surface area contributed by atoms with Gasteiger partial charge < -0.3 is 9.47 Å². The number of aromatic nitrogens is 2. The van der Waals surface area contributed by atoms with E-state index < -0.39 is 12.3 Å². The molecular weight excluding hydrogens is 581 g/mol. The summed E-state index contributed by atoms with van der Waals surface area (Å²) in [6, 6.07) is 19.2. The minimum absolute atomic E-state index is 0.421. The number of pyridine rings is 2. The first-order chi connectivity index (χ1) is 20.3. The van der Waals surface area contributed by atoms with Crippen molar-refractivity contribution in [3.8, 4) is 45.4 Å². The molecule has 0 radical (unpaired) electrons. The lowest BCUT2D eigenvalue weighted by Gasteiger charge is -2.34. The Morgan fingerprint density at radius 2 is 1.02 bits per heavy atom. The third-order valence-corrected chi connectivity index (χ3v) is 8.53. The van der Waals surface area contributed by atoms with Gasteiger partial charge in [-0.05, 0) is 12.1 Å². The fraction of sp³-hybridized carbons (Fsp3) is 0.312. The summed E-state index contributed by atoms with van der Waals surface area (Å²) in [5, 5.41) is 1.01. The molecular formula is C32H30Cl2F2N4O2. The second kappa shape index (κ2) is 12.1. The first-order valence-corrected chi connectivity index (χ1v) is 14.5. The Hall–Kier alpha value is -3.30. The molecule has 6 nitrogen and oxygen atoms in total. The van der Waals surface area contributed by atoms with Gasteiger partial charge in [-0.3, -0.25) is 9.80 Å². The van der Waals surface area contributed by atoms with Crippen molar-refractivity contribution >= 4 is 23.2 Å². The molecule has 2 aliphatic heterocycles.